The van der Waals surface area contributed by atoms with Crippen LogP contribution in [-0.2, 0) is 25.3 Å². The minimum absolute atomic E-state index is 0.0808. The van der Waals surface area contributed by atoms with Gasteiger partial charge in [0.15, 0.2) is 6.29 Å². The van der Waals surface area contributed by atoms with Crippen molar-refractivity contribution in [3.05, 3.63) is 84.6 Å². The molecule has 0 aliphatic carbocycles. The van der Waals surface area contributed by atoms with Gasteiger partial charge in [-0.15, -0.1) is 0 Å². The lowest BCUT2D eigenvalue weighted by Gasteiger charge is -2.43. The predicted octanol–water partition coefficient (Wildman–Crippen LogP) is 4.11. The highest BCUT2D eigenvalue weighted by atomic mass is 28.4. The summed E-state index contributed by atoms with van der Waals surface area (Å²) in [6.45, 7) is 7.15. The smallest absolute Gasteiger partial charge is 0.261 e. The van der Waals surface area contributed by atoms with Crippen molar-refractivity contribution in [1.29, 1.82) is 0 Å². The molecule has 1 aromatic heterocycles. The van der Waals surface area contributed by atoms with Crippen molar-refractivity contribution in [2.45, 2.75) is 45.1 Å². The monoisotopic (exact) mass is 478 g/mol. The largest absolute Gasteiger partial charge is 0.403 e. The molecule has 0 aliphatic heterocycles. The first-order chi connectivity index (χ1) is 16.3. The number of methoxy groups -OCH3 is 2. The maximum Gasteiger partial charge on any atom is 0.261 e. The molecule has 1 amide bonds. The molecule has 3 aromatic rings. The summed E-state index contributed by atoms with van der Waals surface area (Å²) in [6.07, 6.45) is 1.17. The SMILES string of the molecule is COC(CC(=O)Nc1cc(CO[Si](c2ccccc2)(c2ccccc2)C(C)(C)C)ccn1)OC. The number of nitrogens with zero attached hydrogens (tertiary/aromatic N) is 1. The normalized spacial score (nSPS) is 12.1. The fraction of sp³-hybridized carbons (Fsp3) is 0.333. The van der Waals surface area contributed by atoms with E-state index in [4.69, 9.17) is 13.9 Å². The molecule has 0 radical (unpaired) electrons. The second-order valence-corrected chi connectivity index (χ2v) is 13.5. The number of hydrogen-bond donors (Lipinski definition) is 1. The molecule has 34 heavy (non-hydrogen) atoms. The molecule has 1 heterocycles. The molecule has 0 spiro atoms. The van der Waals surface area contributed by atoms with Crippen molar-refractivity contribution in [3.63, 3.8) is 0 Å². The van der Waals surface area contributed by atoms with Gasteiger partial charge in [-0.3, -0.25) is 4.79 Å². The van der Waals surface area contributed by atoms with Crippen LogP contribution in [0.3, 0.4) is 0 Å². The van der Waals surface area contributed by atoms with Crippen LogP contribution >= 0.6 is 0 Å². The molecule has 3 rings (SSSR count). The summed E-state index contributed by atoms with van der Waals surface area (Å²) in [4.78, 5) is 16.6. The minimum atomic E-state index is -2.65. The first-order valence-electron chi connectivity index (χ1n) is 11.4. The van der Waals surface area contributed by atoms with E-state index in [1.165, 1.54) is 24.6 Å². The van der Waals surface area contributed by atoms with Crippen LogP contribution in [0.15, 0.2) is 79.0 Å². The van der Waals surface area contributed by atoms with Gasteiger partial charge in [0.25, 0.3) is 8.32 Å². The molecule has 0 fully saturated rings. The number of nitrogens with one attached hydrogen (secondary N) is 1. The van der Waals surface area contributed by atoms with Gasteiger partial charge in [0, 0.05) is 20.4 Å². The molecule has 0 saturated carbocycles. The van der Waals surface area contributed by atoms with Gasteiger partial charge >= 0.3 is 0 Å². The molecular weight excluding hydrogens is 444 g/mol. The van der Waals surface area contributed by atoms with E-state index in [0.717, 1.165) is 5.56 Å². The van der Waals surface area contributed by atoms with Gasteiger partial charge in [-0.1, -0.05) is 81.4 Å². The Morgan fingerprint density at radius 1 is 0.941 bits per heavy atom. The number of hydrogen-bond acceptors (Lipinski definition) is 5. The van der Waals surface area contributed by atoms with Crippen molar-refractivity contribution in [3.8, 4) is 0 Å². The van der Waals surface area contributed by atoms with Crippen molar-refractivity contribution in [2.75, 3.05) is 19.5 Å². The van der Waals surface area contributed by atoms with E-state index >= 15 is 0 Å². The van der Waals surface area contributed by atoms with Crippen molar-refractivity contribution >= 4 is 30.4 Å². The quantitative estimate of drug-likeness (QED) is 0.351. The van der Waals surface area contributed by atoms with E-state index in [2.05, 4.69) is 79.6 Å². The number of amides is 1. The van der Waals surface area contributed by atoms with E-state index in [1.807, 2.05) is 24.3 Å². The molecule has 2 aromatic carbocycles. The van der Waals surface area contributed by atoms with Crippen LogP contribution in [0.4, 0.5) is 5.82 Å². The lowest BCUT2D eigenvalue weighted by molar-refractivity contribution is -0.134. The summed E-state index contributed by atoms with van der Waals surface area (Å²) in [5.41, 5.74) is 0.938. The zero-order chi connectivity index (χ0) is 24.6. The Hall–Kier alpha value is -2.84. The number of anilines is 1. The Bertz CT molecular complexity index is 1010. The number of rotatable bonds is 10. The molecule has 0 saturated heterocycles. The fourth-order valence-electron chi connectivity index (χ4n) is 4.19. The van der Waals surface area contributed by atoms with Crippen LogP contribution in [0.1, 0.15) is 32.8 Å². The van der Waals surface area contributed by atoms with Gasteiger partial charge in [0.1, 0.15) is 5.82 Å². The summed E-state index contributed by atoms with van der Waals surface area (Å²) in [5.74, 6) is 0.241. The summed E-state index contributed by atoms with van der Waals surface area (Å²) < 4.78 is 17.2. The topological polar surface area (TPSA) is 69.7 Å². The molecule has 1 N–H and O–H groups in total. The fourth-order valence-corrected chi connectivity index (χ4v) is 8.73. The standard InChI is InChI=1S/C27H34N2O4Si/c1-27(2,3)34(22-12-8-6-9-13-22,23-14-10-7-11-15-23)33-20-21-16-17-28-24(18-21)29-25(30)19-26(31-4)32-5/h6-18,26H,19-20H2,1-5H3,(H,28,29,30). The maximum absolute atomic E-state index is 12.3. The van der Waals surface area contributed by atoms with E-state index in [0.29, 0.717) is 12.4 Å². The van der Waals surface area contributed by atoms with Crippen LogP contribution in [0.2, 0.25) is 5.04 Å². The van der Waals surface area contributed by atoms with Crippen molar-refractivity contribution < 1.29 is 18.7 Å². The Morgan fingerprint density at radius 2 is 1.50 bits per heavy atom. The molecule has 0 bridgehead atoms. The summed E-state index contributed by atoms with van der Waals surface area (Å²) in [6, 6.07) is 24.8. The number of carbonyl (C=O) groups is 1. The zero-order valence-corrected chi connectivity index (χ0v) is 21.6. The highest BCUT2D eigenvalue weighted by Gasteiger charge is 2.50. The second kappa shape index (κ2) is 11.5. The zero-order valence-electron chi connectivity index (χ0n) is 20.6. The molecule has 0 aliphatic rings. The Labute approximate surface area is 203 Å². The first kappa shape index (κ1) is 25.8. The molecule has 0 unspecified atom stereocenters. The third-order valence-electron chi connectivity index (χ3n) is 5.84. The Balaban J connectivity index is 1.88. The summed E-state index contributed by atoms with van der Waals surface area (Å²) in [7, 11) is 0.351. The molecule has 6 nitrogen and oxygen atoms in total. The van der Waals surface area contributed by atoms with E-state index in [9.17, 15) is 4.79 Å². The Kier molecular flexibility index (Phi) is 8.74. The van der Waals surface area contributed by atoms with Gasteiger partial charge in [0.2, 0.25) is 5.91 Å². The molecule has 0 atom stereocenters. The predicted molar refractivity (Wildman–Crippen MR) is 138 cm³/mol. The second-order valence-electron chi connectivity index (χ2n) is 9.15. The van der Waals surface area contributed by atoms with Crippen LogP contribution in [0, 0.1) is 0 Å². The average molecular weight is 479 g/mol. The number of benzene rings is 2. The van der Waals surface area contributed by atoms with Gasteiger partial charge < -0.3 is 19.2 Å². The van der Waals surface area contributed by atoms with Gasteiger partial charge in [-0.2, -0.15) is 0 Å². The van der Waals surface area contributed by atoms with Crippen LogP contribution in [-0.4, -0.2) is 39.7 Å². The van der Waals surface area contributed by atoms with E-state index in [1.54, 1.807) is 6.20 Å². The van der Waals surface area contributed by atoms with Crippen LogP contribution in [0.25, 0.3) is 0 Å². The third-order valence-corrected chi connectivity index (χ3v) is 10.8. The lowest BCUT2D eigenvalue weighted by atomic mass is 10.2. The summed E-state index contributed by atoms with van der Waals surface area (Å²) >= 11 is 0. The number of ether oxygens (including phenoxy) is 2. The van der Waals surface area contributed by atoms with Gasteiger partial charge in [0.05, 0.1) is 13.0 Å². The molecule has 180 valence electrons. The average Bonchev–Trinajstić information content (AvgIpc) is 2.83. The lowest BCUT2D eigenvalue weighted by Crippen LogP contribution is -2.66. The number of carbonyl (C=O) groups excluding carboxylic acids is 1. The molecular formula is C27H34N2O4Si. The molecule has 7 heteroatoms. The maximum atomic E-state index is 12.3. The number of aromatic nitrogens is 1. The van der Waals surface area contributed by atoms with Crippen molar-refractivity contribution in [2.24, 2.45) is 0 Å². The Morgan fingerprint density at radius 3 is 2.00 bits per heavy atom. The van der Waals surface area contributed by atoms with E-state index in [-0.39, 0.29) is 17.4 Å². The highest BCUT2D eigenvalue weighted by molar-refractivity contribution is 6.99. The van der Waals surface area contributed by atoms with Gasteiger partial charge in [-0.25, -0.2) is 4.98 Å². The third kappa shape index (κ3) is 5.98. The highest BCUT2D eigenvalue weighted by Crippen LogP contribution is 2.37. The van der Waals surface area contributed by atoms with Crippen LogP contribution < -0.4 is 15.7 Å². The van der Waals surface area contributed by atoms with E-state index < -0.39 is 14.6 Å². The van der Waals surface area contributed by atoms with Gasteiger partial charge in [-0.05, 0) is 33.1 Å². The van der Waals surface area contributed by atoms with Crippen LogP contribution in [0.5, 0.6) is 0 Å². The summed E-state index contributed by atoms with van der Waals surface area (Å²) in [5, 5.41) is 5.15. The van der Waals surface area contributed by atoms with Crippen molar-refractivity contribution in [1.82, 2.24) is 4.98 Å². The first-order valence-corrected chi connectivity index (χ1v) is 13.3. The number of pyridine rings is 1. The minimum Gasteiger partial charge on any atom is -0.403 e.